The fourth-order valence-electron chi connectivity index (χ4n) is 0.782. The number of phosphoric ester groups is 1. The van der Waals surface area contributed by atoms with Crippen molar-refractivity contribution in [2.45, 2.75) is 24.4 Å². The first-order chi connectivity index (χ1) is 9.10. The molecule has 0 aliphatic rings. The van der Waals surface area contributed by atoms with Gasteiger partial charge < -0.3 is 45.8 Å². The largest absolute Gasteiger partial charge is 0.469 e. The Kier molecular flexibility index (Phi) is 12.3. The maximum atomic E-state index is 10.2. The Balaban J connectivity index is 0. The standard InChI is InChI=1S/C6H13O9P.C2H7NO/c7-1-3(8)5(10)6(11)4(9)2-15-16(12,13)14;3-1-2-4/h1,3-6,8-11H,2H2,(H2,12,13,14);4H,1-3H2/t3-,4+,5+,6+;/m0./s1. The van der Waals surface area contributed by atoms with Gasteiger partial charge in [0.2, 0.25) is 0 Å². The molecule has 0 saturated carbocycles. The maximum Gasteiger partial charge on any atom is 0.469 e. The molecular weight excluding hydrogens is 301 g/mol. The summed E-state index contributed by atoms with van der Waals surface area (Å²) in [6, 6.07) is 0. The summed E-state index contributed by atoms with van der Waals surface area (Å²) in [4.78, 5) is 26.6. The number of rotatable bonds is 8. The molecule has 0 unspecified atom stereocenters. The first-order valence-electron chi connectivity index (χ1n) is 5.29. The third-order valence-electron chi connectivity index (χ3n) is 1.78. The number of hydrogen-bond acceptors (Lipinski definition) is 9. The molecule has 0 bridgehead atoms. The van der Waals surface area contributed by atoms with E-state index in [9.17, 15) is 9.36 Å². The van der Waals surface area contributed by atoms with Crippen LogP contribution in [-0.2, 0) is 13.9 Å². The average molecular weight is 321 g/mol. The van der Waals surface area contributed by atoms with Gasteiger partial charge in [0.05, 0.1) is 13.2 Å². The second-order valence-corrected chi connectivity index (χ2v) is 4.71. The highest BCUT2D eigenvalue weighted by Crippen LogP contribution is 2.35. The first kappa shape index (κ1) is 21.8. The topological polar surface area (TPSA) is 211 Å². The average Bonchev–Trinajstić information content (AvgIpc) is 2.41. The number of carbonyl (C=O) groups excluding carboxylic acids is 1. The van der Waals surface area contributed by atoms with E-state index >= 15 is 0 Å². The Bertz CT molecular complexity index is 295. The van der Waals surface area contributed by atoms with Crippen LogP contribution in [0.15, 0.2) is 0 Å². The molecule has 12 heteroatoms. The normalized spacial score (nSPS) is 17.4. The molecule has 20 heavy (non-hydrogen) atoms. The summed E-state index contributed by atoms with van der Waals surface area (Å²) in [5, 5.41) is 43.8. The van der Waals surface area contributed by atoms with E-state index in [-0.39, 0.29) is 12.9 Å². The number of aldehydes is 1. The highest BCUT2D eigenvalue weighted by molar-refractivity contribution is 7.46. The molecule has 0 aromatic carbocycles. The van der Waals surface area contributed by atoms with Crippen LogP contribution in [0.25, 0.3) is 0 Å². The van der Waals surface area contributed by atoms with Crippen molar-refractivity contribution in [1.29, 1.82) is 0 Å². The van der Waals surface area contributed by atoms with E-state index in [2.05, 4.69) is 4.52 Å². The van der Waals surface area contributed by atoms with Gasteiger partial charge in [-0.25, -0.2) is 4.57 Å². The molecule has 0 aliphatic heterocycles. The van der Waals surface area contributed by atoms with E-state index in [0.29, 0.717) is 6.54 Å². The lowest BCUT2D eigenvalue weighted by molar-refractivity contribution is -0.136. The van der Waals surface area contributed by atoms with Crippen molar-refractivity contribution < 1.29 is 49.2 Å². The Morgan fingerprint density at radius 2 is 1.60 bits per heavy atom. The number of aliphatic hydroxyl groups excluding tert-OH is 5. The molecule has 0 rings (SSSR count). The van der Waals surface area contributed by atoms with Crippen LogP contribution in [0.1, 0.15) is 0 Å². The highest BCUT2D eigenvalue weighted by Gasteiger charge is 2.31. The molecule has 4 atom stereocenters. The number of phosphoric acid groups is 1. The van der Waals surface area contributed by atoms with E-state index in [4.69, 9.17) is 41.1 Å². The zero-order valence-electron chi connectivity index (χ0n) is 10.4. The van der Waals surface area contributed by atoms with Crippen LogP contribution in [-0.4, -0.2) is 85.8 Å². The van der Waals surface area contributed by atoms with Gasteiger partial charge in [0, 0.05) is 6.54 Å². The molecular formula is C8H20NO10P. The van der Waals surface area contributed by atoms with E-state index in [1.165, 1.54) is 0 Å². The minimum absolute atomic E-state index is 0.0650. The van der Waals surface area contributed by atoms with Gasteiger partial charge in [0.25, 0.3) is 0 Å². The number of aliphatic hydroxyl groups is 5. The Labute approximate surface area is 114 Å². The summed E-state index contributed by atoms with van der Waals surface area (Å²) >= 11 is 0. The molecule has 0 aromatic rings. The number of nitrogens with two attached hydrogens (primary N) is 1. The zero-order chi connectivity index (χ0) is 16.3. The van der Waals surface area contributed by atoms with Crippen molar-refractivity contribution in [2.75, 3.05) is 19.8 Å². The summed E-state index contributed by atoms with van der Waals surface area (Å²) in [6.45, 7) is -0.492. The van der Waals surface area contributed by atoms with Gasteiger partial charge >= 0.3 is 7.82 Å². The minimum Gasteiger partial charge on any atom is -0.395 e. The van der Waals surface area contributed by atoms with E-state index in [1.54, 1.807) is 0 Å². The van der Waals surface area contributed by atoms with Crippen molar-refractivity contribution in [3.63, 3.8) is 0 Å². The summed E-state index contributed by atoms with van der Waals surface area (Å²) < 4.78 is 14.1. The van der Waals surface area contributed by atoms with Crippen LogP contribution >= 0.6 is 7.82 Å². The van der Waals surface area contributed by atoms with Crippen LogP contribution in [0.3, 0.4) is 0 Å². The Hall–Kier alpha value is -0.460. The van der Waals surface area contributed by atoms with Crippen molar-refractivity contribution in [3.8, 4) is 0 Å². The van der Waals surface area contributed by atoms with Gasteiger partial charge in [-0.15, -0.1) is 0 Å². The molecule has 0 aliphatic carbocycles. The van der Waals surface area contributed by atoms with Crippen molar-refractivity contribution in [1.82, 2.24) is 0 Å². The van der Waals surface area contributed by atoms with Gasteiger partial charge in [-0.2, -0.15) is 0 Å². The van der Waals surface area contributed by atoms with Crippen LogP contribution in [0.2, 0.25) is 0 Å². The molecule has 0 aromatic heterocycles. The van der Waals surface area contributed by atoms with Gasteiger partial charge in [0.1, 0.15) is 24.4 Å². The molecule has 0 fully saturated rings. The third kappa shape index (κ3) is 11.4. The fraction of sp³-hybridized carbons (Fsp3) is 0.875. The lowest BCUT2D eigenvalue weighted by Gasteiger charge is -2.23. The van der Waals surface area contributed by atoms with Crippen molar-refractivity contribution >= 4 is 14.1 Å². The summed E-state index contributed by atoms with van der Waals surface area (Å²) in [5.74, 6) is 0. The predicted octanol–water partition coefficient (Wildman–Crippen LogP) is -4.32. The van der Waals surface area contributed by atoms with Crippen LogP contribution in [0.5, 0.6) is 0 Å². The van der Waals surface area contributed by atoms with Crippen LogP contribution < -0.4 is 5.73 Å². The SMILES string of the molecule is NCCO.O=C[C@H](O)[C@@H](O)[C@H](O)[C@H](O)COP(=O)(O)O. The van der Waals surface area contributed by atoms with Crippen molar-refractivity contribution in [3.05, 3.63) is 0 Å². The smallest absolute Gasteiger partial charge is 0.395 e. The first-order valence-corrected chi connectivity index (χ1v) is 6.82. The van der Waals surface area contributed by atoms with Gasteiger partial charge in [-0.05, 0) is 0 Å². The summed E-state index contributed by atoms with van der Waals surface area (Å²) in [6.07, 6.45) is -7.80. The number of hydrogen-bond donors (Lipinski definition) is 8. The third-order valence-corrected chi connectivity index (χ3v) is 2.26. The lowest BCUT2D eigenvalue weighted by Crippen LogP contribution is -2.46. The van der Waals surface area contributed by atoms with E-state index in [1.807, 2.05) is 0 Å². The Morgan fingerprint density at radius 3 is 1.90 bits per heavy atom. The van der Waals surface area contributed by atoms with Crippen molar-refractivity contribution in [2.24, 2.45) is 5.73 Å². The second-order valence-electron chi connectivity index (χ2n) is 3.47. The highest BCUT2D eigenvalue weighted by atomic mass is 31.2. The van der Waals surface area contributed by atoms with Crippen LogP contribution in [0, 0.1) is 0 Å². The lowest BCUT2D eigenvalue weighted by atomic mass is 10.0. The summed E-state index contributed by atoms with van der Waals surface area (Å²) in [7, 11) is -4.80. The molecule has 0 spiro atoms. The second kappa shape index (κ2) is 11.2. The zero-order valence-corrected chi connectivity index (χ0v) is 11.3. The van der Waals surface area contributed by atoms with Crippen LogP contribution in [0.4, 0.5) is 0 Å². The van der Waals surface area contributed by atoms with E-state index in [0.717, 1.165) is 0 Å². The molecule has 11 nitrogen and oxygen atoms in total. The predicted molar refractivity (Wildman–Crippen MR) is 64.2 cm³/mol. The molecule has 0 heterocycles. The molecule has 0 amide bonds. The minimum atomic E-state index is -4.80. The summed E-state index contributed by atoms with van der Waals surface area (Å²) in [5.41, 5.74) is 4.78. The molecule has 0 radical (unpaired) electrons. The molecule has 0 saturated heterocycles. The molecule has 122 valence electrons. The van der Waals surface area contributed by atoms with Gasteiger partial charge in [0.15, 0.2) is 6.29 Å². The number of carbonyl (C=O) groups is 1. The van der Waals surface area contributed by atoms with Gasteiger partial charge in [-0.1, -0.05) is 0 Å². The quantitative estimate of drug-likeness (QED) is 0.158. The maximum absolute atomic E-state index is 10.2. The monoisotopic (exact) mass is 321 g/mol. The van der Waals surface area contributed by atoms with Gasteiger partial charge in [-0.3, -0.25) is 4.52 Å². The fourth-order valence-corrected chi connectivity index (χ4v) is 1.13. The molecule has 9 N–H and O–H groups in total. The Morgan fingerprint density at radius 1 is 1.15 bits per heavy atom. The van der Waals surface area contributed by atoms with E-state index < -0.39 is 38.8 Å².